The number of hydrogen-bond donors (Lipinski definition) is 0. The van der Waals surface area contributed by atoms with Crippen molar-refractivity contribution >= 4 is 19.4 Å². The molecule has 0 unspecified atom stereocenters. The Bertz CT molecular complexity index is 450. The monoisotopic (exact) mass is 317 g/mol. The SMILES string of the molecule is c1ccc(CN2CC[C@@H]([Se]c3ccccc3)C2)cc1. The van der Waals surface area contributed by atoms with Crippen LogP contribution in [0.2, 0.25) is 4.82 Å². The van der Waals surface area contributed by atoms with E-state index in [0.717, 1.165) is 11.4 Å². The van der Waals surface area contributed by atoms with Crippen molar-refractivity contribution in [2.24, 2.45) is 0 Å². The molecule has 1 saturated heterocycles. The van der Waals surface area contributed by atoms with E-state index in [1.807, 2.05) is 0 Å². The molecule has 1 nitrogen and oxygen atoms in total. The van der Waals surface area contributed by atoms with E-state index in [1.54, 1.807) is 4.46 Å². The Balaban J connectivity index is 1.53. The van der Waals surface area contributed by atoms with Gasteiger partial charge in [-0.1, -0.05) is 0 Å². The minimum absolute atomic E-state index is 0.632. The molecule has 98 valence electrons. The van der Waals surface area contributed by atoms with Crippen molar-refractivity contribution in [3.63, 3.8) is 0 Å². The molecule has 0 N–H and O–H groups in total. The van der Waals surface area contributed by atoms with E-state index in [-0.39, 0.29) is 0 Å². The number of nitrogens with zero attached hydrogens (tertiary/aromatic N) is 1. The first kappa shape index (κ1) is 12.9. The Morgan fingerprint density at radius 2 is 1.63 bits per heavy atom. The molecule has 0 saturated carbocycles. The summed E-state index contributed by atoms with van der Waals surface area (Å²) in [6, 6.07) is 21.8. The van der Waals surface area contributed by atoms with Crippen LogP contribution < -0.4 is 4.46 Å². The molecule has 1 heterocycles. The van der Waals surface area contributed by atoms with Gasteiger partial charge in [-0.3, -0.25) is 0 Å². The third kappa shape index (κ3) is 3.70. The minimum atomic E-state index is 0.632. The van der Waals surface area contributed by atoms with Gasteiger partial charge in [-0.05, 0) is 0 Å². The van der Waals surface area contributed by atoms with Crippen LogP contribution in [0.1, 0.15) is 12.0 Å². The molecule has 0 amide bonds. The standard InChI is InChI=1S/C17H19NSe/c1-3-7-15(8-4-1)13-18-12-11-17(14-18)19-16-9-5-2-6-10-16/h1-10,17H,11-14H2/t17-/m1/s1. The van der Waals surface area contributed by atoms with Gasteiger partial charge in [-0.2, -0.15) is 0 Å². The quantitative estimate of drug-likeness (QED) is 0.784. The van der Waals surface area contributed by atoms with Gasteiger partial charge in [0.05, 0.1) is 0 Å². The summed E-state index contributed by atoms with van der Waals surface area (Å²) in [5.74, 6) is 0. The molecule has 2 aromatic carbocycles. The second-order valence-electron chi connectivity index (χ2n) is 5.06. The molecule has 19 heavy (non-hydrogen) atoms. The van der Waals surface area contributed by atoms with Gasteiger partial charge in [-0.25, -0.2) is 0 Å². The van der Waals surface area contributed by atoms with Crippen molar-refractivity contribution in [2.45, 2.75) is 17.8 Å². The van der Waals surface area contributed by atoms with Gasteiger partial charge < -0.3 is 0 Å². The van der Waals surface area contributed by atoms with Crippen molar-refractivity contribution < 1.29 is 0 Å². The Morgan fingerprint density at radius 3 is 2.37 bits per heavy atom. The summed E-state index contributed by atoms with van der Waals surface area (Å²) in [4.78, 5) is 3.49. The van der Waals surface area contributed by atoms with E-state index < -0.39 is 0 Å². The first-order valence-corrected chi connectivity index (χ1v) is 8.73. The van der Waals surface area contributed by atoms with Gasteiger partial charge in [0.15, 0.2) is 0 Å². The molecular weight excluding hydrogens is 297 g/mol. The van der Waals surface area contributed by atoms with Crippen LogP contribution in [-0.2, 0) is 6.54 Å². The van der Waals surface area contributed by atoms with Gasteiger partial charge >= 0.3 is 121 Å². The maximum atomic E-state index is 2.60. The van der Waals surface area contributed by atoms with Crippen LogP contribution in [0.15, 0.2) is 60.7 Å². The molecule has 2 heteroatoms. The van der Waals surface area contributed by atoms with Crippen LogP contribution in [0.5, 0.6) is 0 Å². The molecule has 1 fully saturated rings. The fraction of sp³-hybridized carbons (Fsp3) is 0.294. The summed E-state index contributed by atoms with van der Waals surface area (Å²) < 4.78 is 1.54. The van der Waals surface area contributed by atoms with Crippen LogP contribution in [-0.4, -0.2) is 32.9 Å². The van der Waals surface area contributed by atoms with E-state index >= 15 is 0 Å². The average molecular weight is 316 g/mol. The third-order valence-electron chi connectivity index (χ3n) is 3.52. The average Bonchev–Trinajstić information content (AvgIpc) is 2.88. The molecule has 3 rings (SSSR count). The predicted octanol–water partition coefficient (Wildman–Crippen LogP) is 2.71. The third-order valence-corrected chi connectivity index (χ3v) is 6.17. The Morgan fingerprint density at radius 1 is 0.947 bits per heavy atom. The molecule has 0 spiro atoms. The van der Waals surface area contributed by atoms with Gasteiger partial charge in [0.1, 0.15) is 0 Å². The van der Waals surface area contributed by atoms with E-state index in [9.17, 15) is 0 Å². The fourth-order valence-corrected chi connectivity index (χ4v) is 5.10. The maximum absolute atomic E-state index is 2.60. The van der Waals surface area contributed by atoms with Crippen LogP contribution in [0.4, 0.5) is 0 Å². The normalized spacial score (nSPS) is 19.7. The Hall–Kier alpha value is -1.08. The van der Waals surface area contributed by atoms with Crippen molar-refractivity contribution in [3.05, 3.63) is 66.2 Å². The molecule has 1 atom stereocenters. The van der Waals surface area contributed by atoms with E-state index in [0.29, 0.717) is 15.0 Å². The van der Waals surface area contributed by atoms with Gasteiger partial charge in [-0.15, -0.1) is 0 Å². The first-order valence-electron chi connectivity index (χ1n) is 6.88. The zero-order chi connectivity index (χ0) is 12.9. The van der Waals surface area contributed by atoms with Gasteiger partial charge in [0.25, 0.3) is 0 Å². The first-order chi connectivity index (χ1) is 9.40. The summed E-state index contributed by atoms with van der Waals surface area (Å²) in [6.07, 6.45) is 1.36. The Labute approximate surface area is 121 Å². The fourth-order valence-electron chi connectivity index (χ4n) is 2.57. The Kier molecular flexibility index (Phi) is 4.34. The van der Waals surface area contributed by atoms with Crippen LogP contribution in [0, 0.1) is 0 Å². The van der Waals surface area contributed by atoms with Crippen LogP contribution >= 0.6 is 0 Å². The molecule has 0 aromatic heterocycles. The van der Waals surface area contributed by atoms with E-state index in [2.05, 4.69) is 65.6 Å². The van der Waals surface area contributed by atoms with Crippen LogP contribution in [0.3, 0.4) is 0 Å². The predicted molar refractivity (Wildman–Crippen MR) is 81.9 cm³/mol. The van der Waals surface area contributed by atoms with Crippen molar-refractivity contribution in [1.29, 1.82) is 0 Å². The molecule has 0 radical (unpaired) electrons. The molecule has 0 bridgehead atoms. The summed E-state index contributed by atoms with van der Waals surface area (Å²) in [5.41, 5.74) is 1.44. The topological polar surface area (TPSA) is 3.24 Å². The van der Waals surface area contributed by atoms with Crippen molar-refractivity contribution in [1.82, 2.24) is 4.90 Å². The van der Waals surface area contributed by atoms with E-state index in [4.69, 9.17) is 0 Å². The molecule has 2 aromatic rings. The summed E-state index contributed by atoms with van der Waals surface area (Å²) in [6.45, 7) is 3.64. The number of hydrogen-bond acceptors (Lipinski definition) is 1. The zero-order valence-corrected chi connectivity index (χ0v) is 12.7. The molecule has 1 aliphatic heterocycles. The summed E-state index contributed by atoms with van der Waals surface area (Å²) in [5, 5.41) is 0. The van der Waals surface area contributed by atoms with Crippen molar-refractivity contribution in [2.75, 3.05) is 13.1 Å². The second kappa shape index (κ2) is 6.38. The summed E-state index contributed by atoms with van der Waals surface area (Å²) >= 11 is 0.632. The van der Waals surface area contributed by atoms with Gasteiger partial charge in [0.2, 0.25) is 0 Å². The number of benzene rings is 2. The zero-order valence-electron chi connectivity index (χ0n) is 11.0. The van der Waals surface area contributed by atoms with Gasteiger partial charge in [0, 0.05) is 0 Å². The van der Waals surface area contributed by atoms with Crippen molar-refractivity contribution in [3.8, 4) is 0 Å². The summed E-state index contributed by atoms with van der Waals surface area (Å²) in [7, 11) is 0. The number of likely N-dealkylation sites (tertiary alicyclic amines) is 1. The second-order valence-corrected chi connectivity index (χ2v) is 7.94. The molecular formula is C17H19NSe. The molecule has 0 aliphatic carbocycles. The van der Waals surface area contributed by atoms with Crippen LogP contribution in [0.25, 0.3) is 0 Å². The number of rotatable bonds is 4. The molecule has 1 aliphatic rings. The van der Waals surface area contributed by atoms with E-state index in [1.165, 1.54) is 25.1 Å².